The number of fused-ring (bicyclic) bond motifs is 1. The molecule has 0 aliphatic carbocycles. The molecule has 0 unspecified atom stereocenters. The molecule has 0 aliphatic rings. The van der Waals surface area contributed by atoms with E-state index in [2.05, 4.69) is 23.0 Å². The number of pyridine rings is 1. The molecule has 3 nitrogen and oxygen atoms in total. The minimum atomic E-state index is 0.981. The lowest BCUT2D eigenvalue weighted by Crippen LogP contribution is -1.83. The summed E-state index contributed by atoms with van der Waals surface area (Å²) in [6.45, 7) is 2.07. The number of hydrogen-bond acceptors (Lipinski definition) is 1. The fourth-order valence-electron chi connectivity index (χ4n) is 1.77. The molecule has 0 atom stereocenters. The summed E-state index contributed by atoms with van der Waals surface area (Å²) in [6, 6.07) is 8.10. The number of imidazole rings is 1. The number of rotatable bonds is 1. The van der Waals surface area contributed by atoms with Crippen LogP contribution in [0.3, 0.4) is 0 Å². The quantitative estimate of drug-likeness (QED) is 0.639. The van der Waals surface area contributed by atoms with Crippen LogP contribution in [0, 0.1) is 6.92 Å². The molecule has 3 rings (SSSR count). The highest BCUT2D eigenvalue weighted by atomic mass is 15.0. The third-order valence-corrected chi connectivity index (χ3v) is 2.55. The Morgan fingerprint density at radius 2 is 2.20 bits per heavy atom. The van der Waals surface area contributed by atoms with Crippen LogP contribution < -0.4 is 0 Å². The average molecular weight is 197 g/mol. The summed E-state index contributed by atoms with van der Waals surface area (Å²) in [5.41, 5.74) is 4.24. The lowest BCUT2D eigenvalue weighted by Gasteiger charge is -1.93. The first kappa shape index (κ1) is 8.29. The van der Waals surface area contributed by atoms with Gasteiger partial charge < -0.3 is 9.38 Å². The van der Waals surface area contributed by atoms with E-state index in [1.54, 1.807) is 0 Å². The Balaban J connectivity index is 2.27. The van der Waals surface area contributed by atoms with E-state index < -0.39 is 0 Å². The van der Waals surface area contributed by atoms with Crippen molar-refractivity contribution in [3.63, 3.8) is 0 Å². The summed E-state index contributed by atoms with van der Waals surface area (Å²) in [4.78, 5) is 7.74. The molecule has 0 aliphatic heterocycles. The highest BCUT2D eigenvalue weighted by molar-refractivity contribution is 5.60. The molecule has 15 heavy (non-hydrogen) atoms. The topological polar surface area (TPSA) is 33.1 Å². The largest absolute Gasteiger partial charge is 0.360 e. The molecule has 0 saturated carbocycles. The van der Waals surface area contributed by atoms with Crippen LogP contribution in [-0.2, 0) is 0 Å². The van der Waals surface area contributed by atoms with Gasteiger partial charge in [0, 0.05) is 18.6 Å². The van der Waals surface area contributed by atoms with E-state index in [9.17, 15) is 0 Å². The summed E-state index contributed by atoms with van der Waals surface area (Å²) in [5, 5.41) is 0. The number of aryl methyl sites for hydroxylation is 1. The van der Waals surface area contributed by atoms with Gasteiger partial charge in [-0.1, -0.05) is 6.07 Å². The molecule has 3 aromatic heterocycles. The van der Waals surface area contributed by atoms with Gasteiger partial charge in [-0.2, -0.15) is 0 Å². The Morgan fingerprint density at radius 3 is 2.93 bits per heavy atom. The van der Waals surface area contributed by atoms with Crippen LogP contribution in [0.15, 0.2) is 42.9 Å². The second-order valence-electron chi connectivity index (χ2n) is 3.63. The maximum Gasteiger partial charge on any atom is 0.140 e. The number of nitrogens with zero attached hydrogens (tertiary/aromatic N) is 2. The van der Waals surface area contributed by atoms with Crippen molar-refractivity contribution in [1.82, 2.24) is 14.4 Å². The Labute approximate surface area is 87.4 Å². The van der Waals surface area contributed by atoms with Crippen molar-refractivity contribution in [2.45, 2.75) is 6.92 Å². The molecule has 3 heteroatoms. The molecule has 3 aromatic rings. The number of nitrogens with one attached hydrogen (secondary N) is 1. The van der Waals surface area contributed by atoms with Gasteiger partial charge in [-0.25, -0.2) is 4.98 Å². The van der Waals surface area contributed by atoms with E-state index >= 15 is 0 Å². The monoisotopic (exact) mass is 197 g/mol. The van der Waals surface area contributed by atoms with Gasteiger partial charge in [0.25, 0.3) is 0 Å². The van der Waals surface area contributed by atoms with Crippen molar-refractivity contribution in [3.8, 4) is 11.4 Å². The normalized spacial score (nSPS) is 11.0. The van der Waals surface area contributed by atoms with Gasteiger partial charge in [-0.05, 0) is 30.7 Å². The van der Waals surface area contributed by atoms with Crippen molar-refractivity contribution in [2.24, 2.45) is 0 Å². The summed E-state index contributed by atoms with van der Waals surface area (Å²) in [5.74, 6) is 0. The van der Waals surface area contributed by atoms with Crippen LogP contribution in [0.1, 0.15) is 5.56 Å². The van der Waals surface area contributed by atoms with Crippen LogP contribution in [0.25, 0.3) is 17.0 Å². The maximum atomic E-state index is 4.59. The summed E-state index contributed by atoms with van der Waals surface area (Å²) in [6.07, 6.45) is 5.96. The third-order valence-electron chi connectivity index (χ3n) is 2.55. The summed E-state index contributed by atoms with van der Waals surface area (Å²) >= 11 is 0. The number of hydrogen-bond donors (Lipinski definition) is 1. The smallest absolute Gasteiger partial charge is 0.140 e. The first-order valence-corrected chi connectivity index (χ1v) is 4.93. The Kier molecular flexibility index (Phi) is 1.65. The minimum absolute atomic E-state index is 0.981. The fourth-order valence-corrected chi connectivity index (χ4v) is 1.77. The Hall–Kier alpha value is -2.03. The van der Waals surface area contributed by atoms with Crippen molar-refractivity contribution >= 4 is 5.65 Å². The summed E-state index contributed by atoms with van der Waals surface area (Å²) in [7, 11) is 0. The third kappa shape index (κ3) is 1.24. The lowest BCUT2D eigenvalue weighted by molar-refractivity contribution is 1.16. The number of aromatic amines is 1. The molecule has 1 N–H and O–H groups in total. The number of H-pyrrole nitrogens is 1. The van der Waals surface area contributed by atoms with E-state index in [1.165, 1.54) is 5.56 Å². The maximum absolute atomic E-state index is 4.59. The highest BCUT2D eigenvalue weighted by Gasteiger charge is 2.05. The van der Waals surface area contributed by atoms with Crippen LogP contribution in [-0.4, -0.2) is 14.4 Å². The van der Waals surface area contributed by atoms with E-state index in [0.29, 0.717) is 0 Å². The van der Waals surface area contributed by atoms with Gasteiger partial charge in [-0.15, -0.1) is 0 Å². The van der Waals surface area contributed by atoms with Crippen molar-refractivity contribution in [3.05, 3.63) is 48.4 Å². The van der Waals surface area contributed by atoms with Crippen molar-refractivity contribution in [2.75, 3.05) is 0 Å². The Bertz CT molecular complexity index is 590. The zero-order valence-corrected chi connectivity index (χ0v) is 8.44. The molecule has 0 fully saturated rings. The van der Waals surface area contributed by atoms with E-state index in [4.69, 9.17) is 0 Å². The van der Waals surface area contributed by atoms with Crippen LogP contribution in [0.4, 0.5) is 0 Å². The molecule has 0 radical (unpaired) electrons. The standard InChI is InChI=1S/C12H11N3/c1-9-4-3-7-15-8-11(14-12(9)15)10-5-2-6-13-10/h2-8,13H,1H3. The SMILES string of the molecule is Cc1cccn2cc(-c3ccc[nH]3)nc12. The first-order chi connectivity index (χ1) is 7.34. The predicted octanol–water partition coefficient (Wildman–Crippen LogP) is 2.64. The van der Waals surface area contributed by atoms with Crippen LogP contribution in [0.2, 0.25) is 0 Å². The van der Waals surface area contributed by atoms with Gasteiger partial charge in [0.15, 0.2) is 0 Å². The van der Waals surface area contributed by atoms with E-state index in [0.717, 1.165) is 17.0 Å². The van der Waals surface area contributed by atoms with Gasteiger partial charge in [0.1, 0.15) is 11.3 Å². The molecule has 3 heterocycles. The average Bonchev–Trinajstić information content (AvgIpc) is 2.86. The first-order valence-electron chi connectivity index (χ1n) is 4.93. The summed E-state index contributed by atoms with van der Waals surface area (Å²) < 4.78 is 2.05. The molecular weight excluding hydrogens is 186 g/mol. The molecular formula is C12H11N3. The zero-order valence-electron chi connectivity index (χ0n) is 8.44. The minimum Gasteiger partial charge on any atom is -0.360 e. The van der Waals surface area contributed by atoms with Gasteiger partial charge in [-0.3, -0.25) is 0 Å². The van der Waals surface area contributed by atoms with E-state index in [-0.39, 0.29) is 0 Å². The van der Waals surface area contributed by atoms with Crippen molar-refractivity contribution in [1.29, 1.82) is 0 Å². The lowest BCUT2D eigenvalue weighted by atomic mass is 10.3. The van der Waals surface area contributed by atoms with E-state index in [1.807, 2.05) is 41.2 Å². The van der Waals surface area contributed by atoms with Gasteiger partial charge >= 0.3 is 0 Å². The number of aromatic nitrogens is 3. The zero-order chi connectivity index (χ0) is 10.3. The molecule has 0 bridgehead atoms. The molecule has 0 aromatic carbocycles. The molecule has 74 valence electrons. The fraction of sp³-hybridized carbons (Fsp3) is 0.0833. The molecule has 0 spiro atoms. The van der Waals surface area contributed by atoms with Crippen LogP contribution in [0.5, 0.6) is 0 Å². The highest BCUT2D eigenvalue weighted by Crippen LogP contribution is 2.18. The second-order valence-corrected chi connectivity index (χ2v) is 3.63. The van der Waals surface area contributed by atoms with Gasteiger partial charge in [0.05, 0.1) is 5.69 Å². The Morgan fingerprint density at radius 1 is 1.27 bits per heavy atom. The molecule has 0 amide bonds. The molecule has 0 saturated heterocycles. The van der Waals surface area contributed by atoms with Crippen molar-refractivity contribution < 1.29 is 0 Å². The van der Waals surface area contributed by atoms with Crippen LogP contribution >= 0.6 is 0 Å². The predicted molar refractivity (Wildman–Crippen MR) is 59.7 cm³/mol. The second kappa shape index (κ2) is 2.98. The van der Waals surface area contributed by atoms with Gasteiger partial charge in [0.2, 0.25) is 0 Å².